The Bertz CT molecular complexity index is 1030. The molecule has 7 heteroatoms. The number of likely N-dealkylation sites (N-methyl/N-ethyl adjacent to an activating group) is 1. The number of amides is 2. The Hall–Kier alpha value is -2.41. The highest BCUT2D eigenvalue weighted by Gasteiger charge is 2.49. The van der Waals surface area contributed by atoms with Crippen LogP contribution in [0.2, 0.25) is 0 Å². The zero-order chi connectivity index (χ0) is 24.3. The number of carbonyl (C=O) groups is 2. The molecule has 0 bridgehead atoms. The molecule has 1 saturated heterocycles. The van der Waals surface area contributed by atoms with E-state index in [9.17, 15) is 9.59 Å². The molecule has 1 aromatic heterocycles. The van der Waals surface area contributed by atoms with E-state index in [2.05, 4.69) is 21.7 Å². The lowest BCUT2D eigenvalue weighted by Gasteiger charge is -2.42. The fraction of sp³-hybridized carbons (Fsp3) is 0.679. The number of rotatable bonds is 8. The van der Waals surface area contributed by atoms with Crippen LogP contribution in [0.25, 0.3) is 11.0 Å². The van der Waals surface area contributed by atoms with Crippen LogP contribution in [0.4, 0.5) is 0 Å². The number of benzene rings is 1. The van der Waals surface area contributed by atoms with Crippen LogP contribution >= 0.6 is 0 Å². The highest BCUT2D eigenvalue weighted by Crippen LogP contribution is 2.36. The zero-order valence-electron chi connectivity index (χ0n) is 21.0. The summed E-state index contributed by atoms with van der Waals surface area (Å²) in [4.78, 5) is 34.7. The van der Waals surface area contributed by atoms with Gasteiger partial charge in [-0.05, 0) is 49.3 Å². The van der Waals surface area contributed by atoms with E-state index in [0.717, 1.165) is 48.1 Å². The van der Waals surface area contributed by atoms with Crippen molar-refractivity contribution in [3.05, 3.63) is 29.6 Å². The highest BCUT2D eigenvalue weighted by molar-refractivity contribution is 5.95. The summed E-state index contributed by atoms with van der Waals surface area (Å²) in [5.41, 5.74) is 2.09. The highest BCUT2D eigenvalue weighted by atomic mass is 16.5. The summed E-state index contributed by atoms with van der Waals surface area (Å²) in [6.45, 7) is 3.14. The first-order valence-electron chi connectivity index (χ1n) is 13.7. The van der Waals surface area contributed by atoms with Gasteiger partial charge in [-0.3, -0.25) is 9.59 Å². The molecule has 7 nitrogen and oxygen atoms in total. The first-order chi connectivity index (χ1) is 17.1. The van der Waals surface area contributed by atoms with Gasteiger partial charge in [0.05, 0.1) is 24.2 Å². The molecule has 2 saturated carbocycles. The summed E-state index contributed by atoms with van der Waals surface area (Å²) in [5.74, 6) is 1.77. The molecule has 35 heavy (non-hydrogen) atoms. The molecule has 1 aliphatic heterocycles. The minimum atomic E-state index is -0.756. The fourth-order valence-electron chi connectivity index (χ4n) is 5.94. The Labute approximate surface area is 208 Å². The summed E-state index contributed by atoms with van der Waals surface area (Å²) in [6, 6.07) is 5.62. The number of carbonyl (C=O) groups excluding carboxylic acids is 2. The van der Waals surface area contributed by atoms with Gasteiger partial charge in [-0.25, -0.2) is 4.98 Å². The predicted octanol–water partition coefficient (Wildman–Crippen LogP) is 4.15. The van der Waals surface area contributed by atoms with E-state index in [0.29, 0.717) is 25.7 Å². The molecule has 5 rings (SSSR count). The SMILES string of the molecule is CCNC(=O)[C@H](NC(=O)C1(c2ccc3nc(CC4CCCCCCC4)[nH]c3c2)COC1)C1CCC1. The molecule has 0 radical (unpaired) electrons. The minimum Gasteiger partial charge on any atom is -0.378 e. The van der Waals surface area contributed by atoms with Crippen LogP contribution in [0, 0.1) is 11.8 Å². The van der Waals surface area contributed by atoms with E-state index in [1.54, 1.807) is 0 Å². The summed E-state index contributed by atoms with van der Waals surface area (Å²) in [6.07, 6.45) is 13.4. The van der Waals surface area contributed by atoms with Crippen LogP contribution in [0.1, 0.15) is 82.5 Å². The van der Waals surface area contributed by atoms with Crippen molar-refractivity contribution in [1.82, 2.24) is 20.6 Å². The van der Waals surface area contributed by atoms with Crippen molar-refractivity contribution in [1.29, 1.82) is 0 Å². The Morgan fingerprint density at radius 2 is 1.83 bits per heavy atom. The van der Waals surface area contributed by atoms with Crippen LogP contribution in [0.5, 0.6) is 0 Å². The number of nitrogens with one attached hydrogen (secondary N) is 3. The number of nitrogens with zero attached hydrogens (tertiary/aromatic N) is 1. The Balaban J connectivity index is 1.32. The van der Waals surface area contributed by atoms with Crippen molar-refractivity contribution in [2.24, 2.45) is 11.8 Å². The molecule has 0 unspecified atom stereocenters. The summed E-state index contributed by atoms with van der Waals surface area (Å²) in [7, 11) is 0. The monoisotopic (exact) mass is 480 g/mol. The van der Waals surface area contributed by atoms with Gasteiger partial charge in [0.1, 0.15) is 17.3 Å². The average molecular weight is 481 g/mol. The van der Waals surface area contributed by atoms with Crippen LogP contribution < -0.4 is 10.6 Å². The van der Waals surface area contributed by atoms with Gasteiger partial charge in [-0.15, -0.1) is 0 Å². The predicted molar refractivity (Wildman–Crippen MR) is 136 cm³/mol. The molecule has 3 fully saturated rings. The third-order valence-corrected chi connectivity index (χ3v) is 8.46. The van der Waals surface area contributed by atoms with Crippen molar-refractivity contribution in [2.45, 2.75) is 89.0 Å². The van der Waals surface area contributed by atoms with Crippen molar-refractivity contribution < 1.29 is 14.3 Å². The zero-order valence-corrected chi connectivity index (χ0v) is 21.0. The van der Waals surface area contributed by atoms with Gasteiger partial charge < -0.3 is 20.4 Å². The number of hydrogen-bond acceptors (Lipinski definition) is 4. The third kappa shape index (κ3) is 5.11. The maximum absolute atomic E-state index is 13.6. The summed E-state index contributed by atoms with van der Waals surface area (Å²) >= 11 is 0. The van der Waals surface area contributed by atoms with Gasteiger partial charge in [-0.1, -0.05) is 57.4 Å². The molecule has 1 atom stereocenters. The lowest BCUT2D eigenvalue weighted by Crippen LogP contribution is -2.62. The topological polar surface area (TPSA) is 96.1 Å². The molecule has 2 aliphatic carbocycles. The number of H-pyrrole nitrogens is 1. The van der Waals surface area contributed by atoms with E-state index in [-0.39, 0.29) is 17.7 Å². The van der Waals surface area contributed by atoms with Gasteiger partial charge >= 0.3 is 0 Å². The van der Waals surface area contributed by atoms with Crippen LogP contribution in [-0.4, -0.2) is 47.6 Å². The smallest absolute Gasteiger partial charge is 0.242 e. The fourth-order valence-corrected chi connectivity index (χ4v) is 5.94. The molecule has 1 aromatic carbocycles. The Kier molecular flexibility index (Phi) is 7.42. The standard InChI is InChI=1S/C28H40N4O3/c1-2-29-26(33)25(20-11-8-12-20)32-27(34)28(17-35-18-28)21-13-14-22-23(16-21)31-24(30-22)15-19-9-6-4-3-5-7-10-19/h13-14,16,19-20,25H,2-12,15,17-18H2,1H3,(H,29,33)(H,30,31)(H,32,34)/t25-/m1/s1. The first kappa shape index (κ1) is 24.3. The van der Waals surface area contributed by atoms with Gasteiger partial charge in [0, 0.05) is 13.0 Å². The molecule has 2 amide bonds. The Morgan fingerprint density at radius 3 is 2.46 bits per heavy atom. The summed E-state index contributed by atoms with van der Waals surface area (Å²) < 4.78 is 5.56. The van der Waals surface area contributed by atoms with Gasteiger partial charge in [-0.2, -0.15) is 0 Å². The second-order valence-corrected chi connectivity index (χ2v) is 10.9. The van der Waals surface area contributed by atoms with E-state index in [1.807, 2.05) is 19.1 Å². The first-order valence-corrected chi connectivity index (χ1v) is 13.7. The third-order valence-electron chi connectivity index (χ3n) is 8.46. The number of aromatic amines is 1. The van der Waals surface area contributed by atoms with Gasteiger partial charge in [0.15, 0.2) is 0 Å². The number of ether oxygens (including phenoxy) is 1. The van der Waals surface area contributed by atoms with Gasteiger partial charge in [0.25, 0.3) is 0 Å². The second-order valence-electron chi connectivity index (χ2n) is 10.9. The van der Waals surface area contributed by atoms with Crippen molar-refractivity contribution in [3.63, 3.8) is 0 Å². The normalized spacial score (nSPS) is 21.9. The van der Waals surface area contributed by atoms with E-state index >= 15 is 0 Å². The van der Waals surface area contributed by atoms with Crippen LogP contribution in [0.15, 0.2) is 18.2 Å². The molecule has 3 N–H and O–H groups in total. The van der Waals surface area contributed by atoms with Crippen LogP contribution in [-0.2, 0) is 26.2 Å². The summed E-state index contributed by atoms with van der Waals surface area (Å²) in [5, 5.41) is 6.00. The Morgan fingerprint density at radius 1 is 1.09 bits per heavy atom. The molecule has 2 aromatic rings. The number of hydrogen-bond donors (Lipinski definition) is 3. The minimum absolute atomic E-state index is 0.0798. The molecular formula is C28H40N4O3. The van der Waals surface area contributed by atoms with Crippen LogP contribution in [0.3, 0.4) is 0 Å². The van der Waals surface area contributed by atoms with Crippen molar-refractivity contribution >= 4 is 22.8 Å². The molecule has 2 heterocycles. The molecule has 0 spiro atoms. The van der Waals surface area contributed by atoms with E-state index < -0.39 is 11.5 Å². The van der Waals surface area contributed by atoms with Crippen molar-refractivity contribution in [2.75, 3.05) is 19.8 Å². The number of imidazole rings is 1. The lowest BCUT2D eigenvalue weighted by atomic mass is 9.75. The largest absolute Gasteiger partial charge is 0.378 e. The van der Waals surface area contributed by atoms with E-state index in [1.165, 1.54) is 44.9 Å². The quantitative estimate of drug-likeness (QED) is 0.529. The maximum Gasteiger partial charge on any atom is 0.242 e. The molecule has 190 valence electrons. The van der Waals surface area contributed by atoms with E-state index in [4.69, 9.17) is 9.72 Å². The average Bonchev–Trinajstić information content (AvgIpc) is 3.15. The number of fused-ring (bicyclic) bond motifs is 1. The van der Waals surface area contributed by atoms with Crippen molar-refractivity contribution in [3.8, 4) is 0 Å². The second kappa shape index (κ2) is 10.7. The maximum atomic E-state index is 13.6. The van der Waals surface area contributed by atoms with Gasteiger partial charge in [0.2, 0.25) is 11.8 Å². The molecular weight excluding hydrogens is 440 g/mol. The molecule has 3 aliphatic rings. The lowest BCUT2D eigenvalue weighted by molar-refractivity contribution is -0.148. The number of aromatic nitrogens is 2.